The van der Waals surface area contributed by atoms with Crippen LogP contribution < -0.4 is 5.32 Å². The van der Waals surface area contributed by atoms with Crippen LogP contribution in [0.15, 0.2) is 24.3 Å². The van der Waals surface area contributed by atoms with Crippen LogP contribution in [0.3, 0.4) is 0 Å². The molecule has 122 valence electrons. The summed E-state index contributed by atoms with van der Waals surface area (Å²) in [6.45, 7) is 2.80. The third kappa shape index (κ3) is 3.60. The fraction of sp³-hybridized carbons (Fsp3) is 0.500. The number of anilines is 1. The third-order valence-corrected chi connectivity index (χ3v) is 4.67. The molecule has 1 aliphatic heterocycles. The van der Waals surface area contributed by atoms with Gasteiger partial charge in [-0.2, -0.15) is 0 Å². The molecule has 2 amide bonds. The van der Waals surface area contributed by atoms with Gasteiger partial charge in [-0.1, -0.05) is 12.1 Å². The number of hydrogen-bond acceptors (Lipinski definition) is 3. The second kappa shape index (κ2) is 6.52. The summed E-state index contributed by atoms with van der Waals surface area (Å²) in [6.07, 6.45) is 3.40. The molecule has 0 bridgehead atoms. The van der Waals surface area contributed by atoms with Crippen molar-refractivity contribution < 1.29 is 14.4 Å². The van der Waals surface area contributed by atoms with Gasteiger partial charge in [0.05, 0.1) is 5.69 Å². The van der Waals surface area contributed by atoms with Gasteiger partial charge in [-0.25, -0.2) is 0 Å². The summed E-state index contributed by atoms with van der Waals surface area (Å²) < 4.78 is 0. The normalized spacial score (nSPS) is 18.6. The Morgan fingerprint density at radius 2 is 1.65 bits per heavy atom. The molecule has 2 aliphatic rings. The lowest BCUT2D eigenvalue weighted by Crippen LogP contribution is -2.42. The van der Waals surface area contributed by atoms with E-state index in [1.165, 1.54) is 6.92 Å². The van der Waals surface area contributed by atoms with E-state index in [0.717, 1.165) is 12.8 Å². The molecule has 5 nitrogen and oxygen atoms in total. The highest BCUT2D eigenvalue weighted by Crippen LogP contribution is 2.32. The lowest BCUT2D eigenvalue weighted by molar-refractivity contribution is -0.135. The zero-order valence-electron chi connectivity index (χ0n) is 13.4. The average Bonchev–Trinajstić information content (AvgIpc) is 3.39. The highest BCUT2D eigenvalue weighted by atomic mass is 16.2. The van der Waals surface area contributed by atoms with Crippen molar-refractivity contribution in [3.8, 4) is 0 Å². The van der Waals surface area contributed by atoms with Gasteiger partial charge in [-0.3, -0.25) is 14.4 Å². The van der Waals surface area contributed by atoms with E-state index < -0.39 is 0 Å². The number of nitrogens with zero attached hydrogens (tertiary/aromatic N) is 1. The lowest BCUT2D eigenvalue weighted by Gasteiger charge is -2.31. The van der Waals surface area contributed by atoms with E-state index in [2.05, 4.69) is 5.32 Å². The van der Waals surface area contributed by atoms with Crippen molar-refractivity contribution in [1.29, 1.82) is 0 Å². The van der Waals surface area contributed by atoms with Gasteiger partial charge >= 0.3 is 0 Å². The first-order valence-electron chi connectivity index (χ1n) is 8.26. The molecule has 1 saturated carbocycles. The Morgan fingerprint density at radius 1 is 1.00 bits per heavy atom. The third-order valence-electron chi connectivity index (χ3n) is 4.67. The van der Waals surface area contributed by atoms with Gasteiger partial charge in [0, 0.05) is 30.5 Å². The fourth-order valence-electron chi connectivity index (χ4n) is 3.08. The number of rotatable bonds is 4. The first-order chi connectivity index (χ1) is 11.1. The smallest absolute Gasteiger partial charge is 0.227 e. The van der Waals surface area contributed by atoms with Crippen LogP contribution in [-0.2, 0) is 9.59 Å². The molecule has 23 heavy (non-hydrogen) atoms. The molecule has 0 radical (unpaired) electrons. The van der Waals surface area contributed by atoms with Crippen LogP contribution in [0.4, 0.5) is 5.69 Å². The Bertz CT molecular complexity index is 629. The SMILES string of the molecule is CC(=O)c1ccccc1NC(=O)C1CCN(C(=O)C2CC2)CC1. The van der Waals surface area contributed by atoms with Crippen LogP contribution in [0, 0.1) is 11.8 Å². The molecule has 0 unspecified atom stereocenters. The fourth-order valence-corrected chi connectivity index (χ4v) is 3.08. The van der Waals surface area contributed by atoms with E-state index in [9.17, 15) is 14.4 Å². The molecule has 0 spiro atoms. The second-order valence-electron chi connectivity index (χ2n) is 6.46. The number of Topliss-reactive ketones (excluding diaryl/α,β-unsaturated/α-hetero) is 1. The van der Waals surface area contributed by atoms with Crippen molar-refractivity contribution in [2.24, 2.45) is 11.8 Å². The van der Waals surface area contributed by atoms with Crippen molar-refractivity contribution >= 4 is 23.3 Å². The van der Waals surface area contributed by atoms with E-state index in [4.69, 9.17) is 0 Å². The highest BCUT2D eigenvalue weighted by molar-refractivity contribution is 6.04. The minimum absolute atomic E-state index is 0.0581. The zero-order valence-corrected chi connectivity index (χ0v) is 13.4. The molecule has 1 aromatic carbocycles. The molecule has 0 atom stereocenters. The summed E-state index contributed by atoms with van der Waals surface area (Å²) in [4.78, 5) is 38.0. The number of ketones is 1. The molecule has 1 saturated heterocycles. The quantitative estimate of drug-likeness (QED) is 0.868. The molecule has 2 fully saturated rings. The van der Waals surface area contributed by atoms with Gasteiger partial charge in [0.25, 0.3) is 0 Å². The average molecular weight is 314 g/mol. The van der Waals surface area contributed by atoms with Crippen molar-refractivity contribution in [3.63, 3.8) is 0 Å². The van der Waals surface area contributed by atoms with E-state index in [0.29, 0.717) is 37.2 Å². The van der Waals surface area contributed by atoms with Gasteiger partial charge < -0.3 is 10.2 Å². The van der Waals surface area contributed by atoms with Crippen molar-refractivity contribution in [2.45, 2.75) is 32.6 Å². The van der Waals surface area contributed by atoms with Crippen molar-refractivity contribution in [3.05, 3.63) is 29.8 Å². The van der Waals surface area contributed by atoms with Gasteiger partial charge in [0.1, 0.15) is 0 Å². The van der Waals surface area contributed by atoms with Crippen molar-refractivity contribution in [2.75, 3.05) is 18.4 Å². The number of carbonyl (C=O) groups is 3. The summed E-state index contributed by atoms with van der Waals surface area (Å²) in [5, 5.41) is 2.88. The Labute approximate surface area is 136 Å². The van der Waals surface area contributed by atoms with E-state index >= 15 is 0 Å². The summed E-state index contributed by atoms with van der Waals surface area (Å²) in [5.41, 5.74) is 1.10. The van der Waals surface area contributed by atoms with Crippen LogP contribution in [0.2, 0.25) is 0 Å². The van der Waals surface area contributed by atoms with Gasteiger partial charge in [-0.15, -0.1) is 0 Å². The first kappa shape index (κ1) is 15.7. The van der Waals surface area contributed by atoms with Crippen LogP contribution in [0.25, 0.3) is 0 Å². The summed E-state index contributed by atoms with van der Waals surface area (Å²) in [5.74, 6) is 0.273. The second-order valence-corrected chi connectivity index (χ2v) is 6.46. The first-order valence-corrected chi connectivity index (χ1v) is 8.26. The summed E-state index contributed by atoms with van der Waals surface area (Å²) >= 11 is 0. The van der Waals surface area contributed by atoms with E-state index in [1.54, 1.807) is 24.3 Å². The Morgan fingerprint density at radius 3 is 2.26 bits per heavy atom. The number of para-hydroxylation sites is 1. The van der Waals surface area contributed by atoms with Crippen LogP contribution in [-0.4, -0.2) is 35.6 Å². The molecule has 3 rings (SSSR count). The molecule has 1 aromatic rings. The minimum Gasteiger partial charge on any atom is -0.342 e. The van der Waals surface area contributed by atoms with Gasteiger partial charge in [-0.05, 0) is 44.7 Å². The van der Waals surface area contributed by atoms with Crippen molar-refractivity contribution in [1.82, 2.24) is 4.90 Å². The molecular formula is C18H22N2O3. The van der Waals surface area contributed by atoms with E-state index in [1.807, 2.05) is 4.90 Å². The minimum atomic E-state index is -0.0988. The Hall–Kier alpha value is -2.17. The number of hydrogen-bond donors (Lipinski definition) is 1. The zero-order chi connectivity index (χ0) is 16.4. The summed E-state index contributed by atoms with van der Waals surface area (Å²) in [6, 6.07) is 7.06. The number of likely N-dealkylation sites (tertiary alicyclic amines) is 1. The maximum atomic E-state index is 12.4. The predicted octanol–water partition coefficient (Wildman–Crippen LogP) is 2.48. The molecule has 5 heteroatoms. The number of amides is 2. The maximum Gasteiger partial charge on any atom is 0.227 e. The van der Waals surface area contributed by atoms with Crippen LogP contribution in [0.5, 0.6) is 0 Å². The predicted molar refractivity (Wildman–Crippen MR) is 87.1 cm³/mol. The topological polar surface area (TPSA) is 66.5 Å². The molecular weight excluding hydrogens is 292 g/mol. The lowest BCUT2D eigenvalue weighted by atomic mass is 9.95. The number of piperidine rings is 1. The van der Waals surface area contributed by atoms with Crippen LogP contribution in [0.1, 0.15) is 43.0 Å². The van der Waals surface area contributed by atoms with Gasteiger partial charge in [0.2, 0.25) is 11.8 Å². The Balaban J connectivity index is 1.57. The number of nitrogens with one attached hydrogen (secondary N) is 1. The number of carbonyl (C=O) groups excluding carboxylic acids is 3. The largest absolute Gasteiger partial charge is 0.342 e. The maximum absolute atomic E-state index is 12.4. The van der Waals surface area contributed by atoms with Crippen LogP contribution >= 0.6 is 0 Å². The Kier molecular flexibility index (Phi) is 4.46. The molecule has 1 aliphatic carbocycles. The summed E-state index contributed by atoms with van der Waals surface area (Å²) in [7, 11) is 0. The standard InChI is InChI=1S/C18H22N2O3/c1-12(21)15-4-2-3-5-16(15)19-17(22)13-8-10-20(11-9-13)18(23)14-6-7-14/h2-5,13-14H,6-11H2,1H3,(H,19,22). The van der Waals surface area contributed by atoms with E-state index in [-0.39, 0.29) is 29.4 Å². The molecule has 1 N–H and O–H groups in total. The molecule has 1 heterocycles. The number of benzene rings is 1. The monoisotopic (exact) mass is 314 g/mol. The van der Waals surface area contributed by atoms with Gasteiger partial charge in [0.15, 0.2) is 5.78 Å². The molecule has 0 aromatic heterocycles. The highest BCUT2D eigenvalue weighted by Gasteiger charge is 2.36.